The van der Waals surface area contributed by atoms with E-state index in [0.717, 1.165) is 17.1 Å². The molecule has 0 spiro atoms. The van der Waals surface area contributed by atoms with Gasteiger partial charge in [0.05, 0.1) is 24.4 Å². The van der Waals surface area contributed by atoms with E-state index in [-0.39, 0.29) is 5.91 Å². The molecule has 0 aliphatic carbocycles. The van der Waals surface area contributed by atoms with Crippen LogP contribution in [0.5, 0.6) is 11.5 Å². The maximum absolute atomic E-state index is 12.0. The van der Waals surface area contributed by atoms with Crippen molar-refractivity contribution in [3.63, 3.8) is 0 Å². The van der Waals surface area contributed by atoms with Gasteiger partial charge < -0.3 is 19.2 Å². The molecule has 1 aromatic carbocycles. The summed E-state index contributed by atoms with van der Waals surface area (Å²) in [6, 6.07) is 8.82. The molecule has 1 N–H and O–H groups in total. The molecule has 2 aromatic heterocycles. The lowest BCUT2D eigenvalue weighted by atomic mass is 10.3. The normalized spacial score (nSPS) is 10.8. The third-order valence-electron chi connectivity index (χ3n) is 4.12. The quantitative estimate of drug-likeness (QED) is 0.526. The van der Waals surface area contributed by atoms with Crippen LogP contribution in [0.1, 0.15) is 18.5 Å². The number of carbonyl (C=O) groups is 1. The smallest absolute Gasteiger partial charge is 0.220 e. The third kappa shape index (κ3) is 5.30. The zero-order valence-corrected chi connectivity index (χ0v) is 17.0. The summed E-state index contributed by atoms with van der Waals surface area (Å²) in [5.41, 5.74) is 1.66. The minimum atomic E-state index is -0.0212. The number of carbonyl (C=O) groups excluding carboxylic acids is 1. The van der Waals surface area contributed by atoms with Gasteiger partial charge in [-0.15, -0.1) is 0 Å². The minimum Gasteiger partial charge on any atom is -0.493 e. The first-order valence-corrected chi connectivity index (χ1v) is 9.67. The van der Waals surface area contributed by atoms with Crippen LogP contribution in [0.2, 0.25) is 10.0 Å². The lowest BCUT2D eigenvalue weighted by Crippen LogP contribution is -2.25. The highest BCUT2D eigenvalue weighted by Gasteiger charge is 2.08. The zero-order valence-electron chi connectivity index (χ0n) is 15.5. The third-order valence-corrected chi connectivity index (χ3v) is 4.65. The fraction of sp³-hybridized carbons (Fsp3) is 0.300. The van der Waals surface area contributed by atoms with Gasteiger partial charge in [0.15, 0.2) is 11.4 Å². The molecular formula is C20H21Cl2N3O3. The number of hydrogen-bond acceptors (Lipinski definition) is 4. The Kier molecular flexibility index (Phi) is 7.01. The van der Waals surface area contributed by atoms with Gasteiger partial charge in [-0.3, -0.25) is 4.79 Å². The average molecular weight is 422 g/mol. The number of pyridine rings is 1. The van der Waals surface area contributed by atoms with E-state index in [0.29, 0.717) is 48.2 Å². The second-order valence-electron chi connectivity index (χ2n) is 6.17. The van der Waals surface area contributed by atoms with E-state index in [4.69, 9.17) is 32.7 Å². The van der Waals surface area contributed by atoms with Gasteiger partial charge in [-0.05, 0) is 36.8 Å². The van der Waals surface area contributed by atoms with Crippen molar-refractivity contribution in [1.82, 2.24) is 14.7 Å². The van der Waals surface area contributed by atoms with Crippen LogP contribution in [-0.2, 0) is 11.2 Å². The van der Waals surface area contributed by atoms with Crippen LogP contribution in [-0.4, -0.2) is 35.6 Å². The molecule has 148 valence electrons. The highest BCUT2D eigenvalue weighted by molar-refractivity contribution is 6.35. The maximum Gasteiger partial charge on any atom is 0.220 e. The predicted octanol–water partition coefficient (Wildman–Crippen LogP) is 4.17. The monoisotopic (exact) mass is 421 g/mol. The van der Waals surface area contributed by atoms with Crippen molar-refractivity contribution in [3.05, 3.63) is 58.5 Å². The fourth-order valence-corrected chi connectivity index (χ4v) is 3.21. The Morgan fingerprint density at radius 2 is 2.11 bits per heavy atom. The van der Waals surface area contributed by atoms with Gasteiger partial charge in [-0.2, -0.15) is 0 Å². The van der Waals surface area contributed by atoms with Gasteiger partial charge in [0.25, 0.3) is 0 Å². The molecule has 3 rings (SSSR count). The summed E-state index contributed by atoms with van der Waals surface area (Å²) in [7, 11) is 1.62. The van der Waals surface area contributed by atoms with Crippen molar-refractivity contribution in [2.24, 2.45) is 0 Å². The van der Waals surface area contributed by atoms with Crippen LogP contribution in [0.3, 0.4) is 0 Å². The van der Waals surface area contributed by atoms with E-state index >= 15 is 0 Å². The topological polar surface area (TPSA) is 64.9 Å². The van der Waals surface area contributed by atoms with E-state index < -0.39 is 0 Å². The van der Waals surface area contributed by atoms with Gasteiger partial charge in [0, 0.05) is 36.8 Å². The number of benzene rings is 1. The van der Waals surface area contributed by atoms with Crippen molar-refractivity contribution in [3.8, 4) is 11.5 Å². The summed E-state index contributed by atoms with van der Waals surface area (Å²) < 4.78 is 12.8. The first kappa shape index (κ1) is 20.3. The predicted molar refractivity (Wildman–Crippen MR) is 110 cm³/mol. The number of methoxy groups -OCH3 is 1. The van der Waals surface area contributed by atoms with Gasteiger partial charge in [-0.1, -0.05) is 23.2 Å². The Hall–Kier alpha value is -2.44. The van der Waals surface area contributed by atoms with E-state index in [1.807, 2.05) is 28.9 Å². The standard InChI is InChI=1S/C20H21Cl2N3O3/c1-27-18-4-2-10-25-13-15(24-20(18)25)8-9-23-19(26)5-3-11-28-17-7-6-14(21)12-16(17)22/h2,4,6-7,10,12-13H,3,5,8-9,11H2,1H3,(H,23,26). The molecule has 0 saturated heterocycles. The number of nitrogens with zero attached hydrogens (tertiary/aromatic N) is 2. The first-order chi connectivity index (χ1) is 13.6. The van der Waals surface area contributed by atoms with Gasteiger partial charge in [0.1, 0.15) is 5.75 Å². The highest BCUT2D eigenvalue weighted by Crippen LogP contribution is 2.27. The average Bonchev–Trinajstić information content (AvgIpc) is 3.09. The van der Waals surface area contributed by atoms with Crippen LogP contribution in [0, 0.1) is 0 Å². The zero-order chi connectivity index (χ0) is 19.9. The lowest BCUT2D eigenvalue weighted by Gasteiger charge is -2.08. The number of halogens is 2. The van der Waals surface area contributed by atoms with Crippen molar-refractivity contribution in [2.45, 2.75) is 19.3 Å². The van der Waals surface area contributed by atoms with Crippen LogP contribution in [0.25, 0.3) is 5.65 Å². The number of rotatable bonds is 9. The van der Waals surface area contributed by atoms with E-state index in [1.54, 1.807) is 25.3 Å². The number of hydrogen-bond donors (Lipinski definition) is 1. The SMILES string of the molecule is COc1cccn2cc(CCNC(=O)CCCOc3ccc(Cl)cc3Cl)nc12. The number of aromatic nitrogens is 2. The Morgan fingerprint density at radius 1 is 1.25 bits per heavy atom. The molecule has 0 fully saturated rings. The van der Waals surface area contributed by atoms with Crippen molar-refractivity contribution in [1.29, 1.82) is 0 Å². The van der Waals surface area contributed by atoms with Gasteiger partial charge >= 0.3 is 0 Å². The number of imidazole rings is 1. The van der Waals surface area contributed by atoms with E-state index in [9.17, 15) is 4.79 Å². The Labute approximate surface area is 173 Å². The van der Waals surface area contributed by atoms with E-state index in [2.05, 4.69) is 10.3 Å². The molecule has 0 saturated carbocycles. The molecule has 0 aliphatic rings. The maximum atomic E-state index is 12.0. The fourth-order valence-electron chi connectivity index (χ4n) is 2.74. The van der Waals surface area contributed by atoms with Crippen LogP contribution in [0.15, 0.2) is 42.7 Å². The second kappa shape index (κ2) is 9.66. The largest absolute Gasteiger partial charge is 0.493 e. The molecule has 1 amide bonds. The summed E-state index contributed by atoms with van der Waals surface area (Å²) >= 11 is 11.9. The number of ether oxygens (including phenoxy) is 2. The summed E-state index contributed by atoms with van der Waals surface area (Å²) in [4.78, 5) is 16.5. The number of fused-ring (bicyclic) bond motifs is 1. The molecule has 0 unspecified atom stereocenters. The molecule has 6 nitrogen and oxygen atoms in total. The van der Waals surface area contributed by atoms with Crippen molar-refractivity contribution < 1.29 is 14.3 Å². The lowest BCUT2D eigenvalue weighted by molar-refractivity contribution is -0.121. The first-order valence-electron chi connectivity index (χ1n) is 8.92. The van der Waals surface area contributed by atoms with Crippen LogP contribution in [0.4, 0.5) is 0 Å². The molecule has 3 aromatic rings. The Balaban J connectivity index is 1.38. The Morgan fingerprint density at radius 3 is 2.89 bits per heavy atom. The molecule has 0 radical (unpaired) electrons. The minimum absolute atomic E-state index is 0.0212. The molecule has 2 heterocycles. The molecule has 28 heavy (non-hydrogen) atoms. The highest BCUT2D eigenvalue weighted by atomic mass is 35.5. The summed E-state index contributed by atoms with van der Waals surface area (Å²) in [5.74, 6) is 1.26. The van der Waals surface area contributed by atoms with E-state index in [1.165, 1.54) is 0 Å². The molecule has 0 bridgehead atoms. The van der Waals surface area contributed by atoms with Crippen LogP contribution < -0.4 is 14.8 Å². The van der Waals surface area contributed by atoms with Crippen molar-refractivity contribution >= 4 is 34.8 Å². The summed E-state index contributed by atoms with van der Waals surface area (Å²) in [6.45, 7) is 0.926. The van der Waals surface area contributed by atoms with Gasteiger partial charge in [-0.25, -0.2) is 4.98 Å². The molecular weight excluding hydrogens is 401 g/mol. The number of nitrogens with one attached hydrogen (secondary N) is 1. The second-order valence-corrected chi connectivity index (χ2v) is 7.01. The van der Waals surface area contributed by atoms with Crippen molar-refractivity contribution in [2.75, 3.05) is 20.3 Å². The number of amides is 1. The van der Waals surface area contributed by atoms with Gasteiger partial charge in [0.2, 0.25) is 5.91 Å². The summed E-state index contributed by atoms with van der Waals surface area (Å²) in [5, 5.41) is 3.92. The molecule has 0 aliphatic heterocycles. The molecule has 0 atom stereocenters. The van der Waals surface area contributed by atoms with Crippen LogP contribution >= 0.6 is 23.2 Å². The molecule has 8 heteroatoms. The summed E-state index contributed by atoms with van der Waals surface area (Å²) in [6.07, 6.45) is 5.47. The Bertz CT molecular complexity index is 959.